The van der Waals surface area contributed by atoms with Gasteiger partial charge in [0.25, 0.3) is 5.24 Å². The van der Waals surface area contributed by atoms with Gasteiger partial charge in [0.2, 0.25) is 5.91 Å². The normalized spacial score (nSPS) is 19.0. The zero-order valence-electron chi connectivity index (χ0n) is 13.9. The Balaban J connectivity index is 1.51. The van der Waals surface area contributed by atoms with Crippen LogP contribution in [0.4, 0.5) is 10.6 Å². The highest BCUT2D eigenvalue weighted by atomic mass is 32.2. The number of pyridine rings is 1. The first-order valence-electron chi connectivity index (χ1n) is 8.18. The molecule has 1 aromatic rings. The van der Waals surface area contributed by atoms with E-state index in [1.54, 1.807) is 11.1 Å². The van der Waals surface area contributed by atoms with E-state index in [1.807, 2.05) is 12.1 Å². The molecule has 0 aromatic carbocycles. The summed E-state index contributed by atoms with van der Waals surface area (Å²) < 4.78 is 0. The number of hydrogen-bond donors (Lipinski definition) is 1. The number of likely N-dealkylation sites (N-methyl/N-ethyl adjacent to an activating group) is 1. The van der Waals surface area contributed by atoms with Gasteiger partial charge in [-0.3, -0.25) is 9.59 Å². The third-order valence-electron chi connectivity index (χ3n) is 4.31. The summed E-state index contributed by atoms with van der Waals surface area (Å²) in [6.45, 7) is 5.25. The van der Waals surface area contributed by atoms with Crippen LogP contribution in [0.1, 0.15) is 5.56 Å². The van der Waals surface area contributed by atoms with E-state index >= 15 is 0 Å². The van der Waals surface area contributed by atoms with E-state index in [4.69, 9.17) is 0 Å². The predicted molar refractivity (Wildman–Crippen MR) is 95.2 cm³/mol. The topological polar surface area (TPSA) is 68.8 Å². The van der Waals surface area contributed by atoms with Crippen LogP contribution in [-0.4, -0.2) is 78.0 Å². The second-order valence-electron chi connectivity index (χ2n) is 6.13. The Labute approximate surface area is 146 Å². The molecule has 130 valence electrons. The fraction of sp³-hybridized carbons (Fsp3) is 0.562. The molecule has 2 saturated heterocycles. The summed E-state index contributed by atoms with van der Waals surface area (Å²) in [4.78, 5) is 34.1. The molecule has 3 heterocycles. The molecule has 0 radical (unpaired) electrons. The number of anilines is 1. The van der Waals surface area contributed by atoms with E-state index in [2.05, 4.69) is 27.1 Å². The van der Waals surface area contributed by atoms with Crippen molar-refractivity contribution in [3.05, 3.63) is 23.9 Å². The highest BCUT2D eigenvalue weighted by molar-refractivity contribution is 8.13. The fourth-order valence-electron chi connectivity index (χ4n) is 2.78. The molecule has 0 aliphatic carbocycles. The number of amides is 2. The number of carbonyl (C=O) groups excluding carboxylic acids is 2. The maximum absolute atomic E-state index is 12.0. The number of thioether (sulfide) groups is 1. The minimum Gasteiger partial charge on any atom is -0.354 e. The lowest BCUT2D eigenvalue weighted by Gasteiger charge is -2.33. The van der Waals surface area contributed by atoms with E-state index in [9.17, 15) is 9.59 Å². The van der Waals surface area contributed by atoms with Crippen LogP contribution in [-0.2, 0) is 11.3 Å². The second-order valence-corrected chi connectivity index (χ2v) is 7.17. The predicted octanol–water partition coefficient (Wildman–Crippen LogP) is 0.618. The van der Waals surface area contributed by atoms with E-state index in [-0.39, 0.29) is 17.7 Å². The molecule has 7 nitrogen and oxygen atoms in total. The smallest absolute Gasteiger partial charge is 0.282 e. The van der Waals surface area contributed by atoms with Gasteiger partial charge in [0, 0.05) is 51.2 Å². The lowest BCUT2D eigenvalue weighted by Crippen LogP contribution is -2.44. The maximum Gasteiger partial charge on any atom is 0.282 e. The van der Waals surface area contributed by atoms with E-state index in [1.165, 1.54) is 11.8 Å². The van der Waals surface area contributed by atoms with Crippen molar-refractivity contribution in [3.63, 3.8) is 0 Å². The average Bonchev–Trinajstić information content (AvgIpc) is 2.99. The van der Waals surface area contributed by atoms with Crippen LogP contribution in [0.25, 0.3) is 0 Å². The molecule has 2 aliphatic heterocycles. The van der Waals surface area contributed by atoms with Gasteiger partial charge in [-0.2, -0.15) is 0 Å². The summed E-state index contributed by atoms with van der Waals surface area (Å²) in [5.74, 6) is 1.61. The maximum atomic E-state index is 12.0. The molecular formula is C16H23N5O2S. The van der Waals surface area contributed by atoms with E-state index < -0.39 is 0 Å². The van der Waals surface area contributed by atoms with Gasteiger partial charge < -0.3 is 20.0 Å². The van der Waals surface area contributed by atoms with Crippen molar-refractivity contribution >= 4 is 28.7 Å². The Morgan fingerprint density at radius 1 is 1.29 bits per heavy atom. The average molecular weight is 349 g/mol. The molecular weight excluding hydrogens is 326 g/mol. The summed E-state index contributed by atoms with van der Waals surface area (Å²) in [5.41, 5.74) is 1.02. The molecule has 0 unspecified atom stereocenters. The highest BCUT2D eigenvalue weighted by Gasteiger charge is 2.23. The van der Waals surface area contributed by atoms with Gasteiger partial charge in [0.15, 0.2) is 0 Å². The molecule has 1 N–H and O–H groups in total. The molecule has 2 fully saturated rings. The van der Waals surface area contributed by atoms with Gasteiger partial charge in [-0.15, -0.1) is 0 Å². The Bertz CT molecular complexity index is 604. The third-order valence-corrected chi connectivity index (χ3v) is 5.20. The molecule has 0 saturated carbocycles. The van der Waals surface area contributed by atoms with Gasteiger partial charge in [0.05, 0.1) is 0 Å². The van der Waals surface area contributed by atoms with Crippen molar-refractivity contribution < 1.29 is 9.59 Å². The van der Waals surface area contributed by atoms with Crippen LogP contribution in [0.3, 0.4) is 0 Å². The van der Waals surface area contributed by atoms with Gasteiger partial charge in [-0.25, -0.2) is 4.98 Å². The summed E-state index contributed by atoms with van der Waals surface area (Å²) in [6.07, 6.45) is 1.79. The molecule has 8 heteroatoms. The van der Waals surface area contributed by atoms with Crippen molar-refractivity contribution in [3.8, 4) is 0 Å². The van der Waals surface area contributed by atoms with Crippen molar-refractivity contribution in [1.29, 1.82) is 0 Å². The van der Waals surface area contributed by atoms with E-state index in [0.717, 1.165) is 43.3 Å². The minimum atomic E-state index is -0.121. The summed E-state index contributed by atoms with van der Waals surface area (Å²) >= 11 is 1.27. The summed E-state index contributed by atoms with van der Waals surface area (Å²) in [6, 6.07) is 3.94. The number of aromatic nitrogens is 1. The van der Waals surface area contributed by atoms with Gasteiger partial charge in [-0.05, 0) is 24.7 Å². The molecule has 3 rings (SSSR count). The van der Waals surface area contributed by atoms with Crippen LogP contribution in [0.15, 0.2) is 18.3 Å². The number of rotatable bonds is 5. The van der Waals surface area contributed by atoms with Crippen LogP contribution in [0.2, 0.25) is 0 Å². The number of nitrogens with zero attached hydrogens (tertiary/aromatic N) is 4. The zero-order valence-corrected chi connectivity index (χ0v) is 14.7. The molecule has 0 bridgehead atoms. The van der Waals surface area contributed by atoms with Crippen LogP contribution in [0, 0.1) is 0 Å². The first kappa shape index (κ1) is 17.0. The SMILES string of the molecule is CN1CCN(c2cc(CNC(=O)CN3CCSC3=O)ccn2)CC1. The van der Waals surface area contributed by atoms with Crippen LogP contribution < -0.4 is 10.2 Å². The Hall–Kier alpha value is -1.80. The Morgan fingerprint density at radius 3 is 2.79 bits per heavy atom. The molecule has 2 aliphatic rings. The number of nitrogens with one attached hydrogen (secondary N) is 1. The summed E-state index contributed by atoms with van der Waals surface area (Å²) in [7, 11) is 2.13. The third kappa shape index (κ3) is 4.39. The lowest BCUT2D eigenvalue weighted by atomic mass is 10.2. The number of hydrogen-bond acceptors (Lipinski definition) is 6. The standard InChI is InChI=1S/C16H23N5O2S/c1-19-4-6-20(7-5-19)14-10-13(2-3-17-14)11-18-15(22)12-21-8-9-24-16(21)23/h2-3,10H,4-9,11-12H2,1H3,(H,18,22). The van der Waals surface area contributed by atoms with Crippen molar-refractivity contribution in [2.45, 2.75) is 6.54 Å². The zero-order chi connectivity index (χ0) is 16.9. The van der Waals surface area contributed by atoms with Gasteiger partial charge in [0.1, 0.15) is 12.4 Å². The molecule has 0 spiro atoms. The first-order chi connectivity index (χ1) is 11.6. The Kier molecular flexibility index (Phi) is 5.57. The number of piperazine rings is 1. The van der Waals surface area contributed by atoms with Crippen molar-refractivity contribution in [2.75, 3.05) is 57.0 Å². The molecule has 0 atom stereocenters. The highest BCUT2D eigenvalue weighted by Crippen LogP contribution is 2.17. The first-order valence-corrected chi connectivity index (χ1v) is 9.17. The lowest BCUT2D eigenvalue weighted by molar-refractivity contribution is -0.121. The largest absolute Gasteiger partial charge is 0.354 e. The Morgan fingerprint density at radius 2 is 2.08 bits per heavy atom. The monoisotopic (exact) mass is 349 g/mol. The minimum absolute atomic E-state index is 0.00795. The molecule has 2 amide bonds. The number of carbonyl (C=O) groups is 2. The van der Waals surface area contributed by atoms with Crippen molar-refractivity contribution in [1.82, 2.24) is 20.1 Å². The van der Waals surface area contributed by atoms with Crippen molar-refractivity contribution in [2.24, 2.45) is 0 Å². The molecule has 1 aromatic heterocycles. The van der Waals surface area contributed by atoms with Gasteiger partial charge in [-0.1, -0.05) is 11.8 Å². The fourth-order valence-corrected chi connectivity index (χ4v) is 3.60. The quantitative estimate of drug-likeness (QED) is 0.840. The molecule has 24 heavy (non-hydrogen) atoms. The van der Waals surface area contributed by atoms with Gasteiger partial charge >= 0.3 is 0 Å². The van der Waals surface area contributed by atoms with Crippen LogP contribution in [0.5, 0.6) is 0 Å². The van der Waals surface area contributed by atoms with E-state index in [0.29, 0.717) is 13.1 Å². The second kappa shape index (κ2) is 7.85. The summed E-state index contributed by atoms with van der Waals surface area (Å²) in [5, 5.41) is 2.88. The van der Waals surface area contributed by atoms with Crippen LogP contribution >= 0.6 is 11.8 Å².